The van der Waals surface area contributed by atoms with Crippen molar-refractivity contribution in [3.8, 4) is 0 Å². The molecule has 0 fully saturated rings. The van der Waals surface area contributed by atoms with Gasteiger partial charge in [-0.15, -0.1) is 0 Å². The van der Waals surface area contributed by atoms with Gasteiger partial charge in [0.05, 0.1) is 6.20 Å². The molecule has 0 atom stereocenters. The van der Waals surface area contributed by atoms with Gasteiger partial charge in [-0.1, -0.05) is 0 Å². The lowest BCUT2D eigenvalue weighted by atomic mass is 10.4. The van der Waals surface area contributed by atoms with Crippen molar-refractivity contribution in [3.63, 3.8) is 0 Å². The van der Waals surface area contributed by atoms with Gasteiger partial charge in [-0.25, -0.2) is 4.98 Å². The molecule has 0 aliphatic carbocycles. The van der Waals surface area contributed by atoms with E-state index < -0.39 is 18.6 Å². The van der Waals surface area contributed by atoms with Crippen LogP contribution in [0.2, 0.25) is 0 Å². The molecule has 4 nitrogen and oxygen atoms in total. The van der Waals surface area contributed by atoms with Crippen molar-refractivity contribution in [3.05, 3.63) is 24.3 Å². The number of aromatic nitrogens is 2. The van der Waals surface area contributed by atoms with E-state index >= 15 is 0 Å². The van der Waals surface area contributed by atoms with E-state index in [0.717, 1.165) is 6.20 Å². The van der Waals surface area contributed by atoms with Crippen molar-refractivity contribution in [2.24, 2.45) is 0 Å². The highest BCUT2D eigenvalue weighted by molar-refractivity contribution is 5.91. The summed E-state index contributed by atoms with van der Waals surface area (Å²) in [6, 6.07) is 0. The number of amides is 1. The third kappa shape index (κ3) is 3.38. The maximum absolute atomic E-state index is 11.7. The predicted molar refractivity (Wildman–Crippen MR) is 40.4 cm³/mol. The summed E-state index contributed by atoms with van der Waals surface area (Å²) in [4.78, 5) is 18.1. The Bertz CT molecular complexity index is 312. The van der Waals surface area contributed by atoms with E-state index in [9.17, 15) is 18.0 Å². The molecule has 1 heterocycles. The third-order valence-corrected chi connectivity index (χ3v) is 1.25. The molecule has 0 saturated carbocycles. The minimum Gasteiger partial charge on any atom is -0.342 e. The zero-order valence-corrected chi connectivity index (χ0v) is 6.88. The number of alkyl halides is 3. The summed E-state index contributed by atoms with van der Waals surface area (Å²) >= 11 is 0. The summed E-state index contributed by atoms with van der Waals surface area (Å²) in [5.74, 6) is -0.893. The van der Waals surface area contributed by atoms with Crippen LogP contribution in [0.15, 0.2) is 18.6 Å². The van der Waals surface area contributed by atoms with Gasteiger partial charge in [-0.05, 0) is 0 Å². The molecule has 0 aliphatic heterocycles. The van der Waals surface area contributed by atoms with Gasteiger partial charge in [-0.3, -0.25) is 9.78 Å². The van der Waals surface area contributed by atoms with Gasteiger partial charge in [0.25, 0.3) is 5.91 Å². The largest absolute Gasteiger partial charge is 0.405 e. The number of nitrogens with one attached hydrogen (secondary N) is 1. The van der Waals surface area contributed by atoms with E-state index in [1.165, 1.54) is 12.4 Å². The summed E-state index contributed by atoms with van der Waals surface area (Å²) in [5.41, 5.74) is -0.142. The quantitative estimate of drug-likeness (QED) is 0.775. The Kier molecular flexibility index (Phi) is 3.00. The monoisotopic (exact) mass is 205 g/mol. The normalized spacial score (nSPS) is 11.1. The molecule has 0 aromatic carbocycles. The molecule has 1 aromatic rings. The van der Waals surface area contributed by atoms with Crippen molar-refractivity contribution >= 4 is 5.91 Å². The zero-order chi connectivity index (χ0) is 10.6. The van der Waals surface area contributed by atoms with Crippen LogP contribution in [0.25, 0.3) is 0 Å². The van der Waals surface area contributed by atoms with Gasteiger partial charge in [0.2, 0.25) is 0 Å². The number of nitrogens with zero attached hydrogens (tertiary/aromatic N) is 2. The Morgan fingerprint density at radius 2 is 2.14 bits per heavy atom. The third-order valence-electron chi connectivity index (χ3n) is 1.25. The first kappa shape index (κ1) is 10.4. The summed E-state index contributed by atoms with van der Waals surface area (Å²) in [6.45, 7) is -1.37. The summed E-state index contributed by atoms with van der Waals surface area (Å²) in [7, 11) is 0. The molecule has 14 heavy (non-hydrogen) atoms. The fourth-order valence-electron chi connectivity index (χ4n) is 0.687. The number of carbonyl (C=O) groups excluding carboxylic acids is 1. The highest BCUT2D eigenvalue weighted by atomic mass is 19.4. The molecular weight excluding hydrogens is 199 g/mol. The van der Waals surface area contributed by atoms with Crippen molar-refractivity contribution in [2.45, 2.75) is 6.18 Å². The fourth-order valence-corrected chi connectivity index (χ4v) is 0.687. The number of carbonyl (C=O) groups is 1. The molecule has 1 aromatic heterocycles. The zero-order valence-electron chi connectivity index (χ0n) is 6.88. The van der Waals surface area contributed by atoms with Gasteiger partial charge in [0.1, 0.15) is 12.2 Å². The van der Waals surface area contributed by atoms with Gasteiger partial charge < -0.3 is 5.32 Å². The predicted octanol–water partition coefficient (Wildman–Crippen LogP) is 0.769. The average molecular weight is 205 g/mol. The lowest BCUT2D eigenvalue weighted by Gasteiger charge is -2.06. The maximum Gasteiger partial charge on any atom is 0.405 e. The molecule has 1 N–H and O–H groups in total. The van der Waals surface area contributed by atoms with E-state index in [1.54, 1.807) is 5.32 Å². The second kappa shape index (κ2) is 4.03. The number of halogens is 3. The van der Waals surface area contributed by atoms with Gasteiger partial charge in [-0.2, -0.15) is 13.2 Å². The van der Waals surface area contributed by atoms with Gasteiger partial charge >= 0.3 is 6.18 Å². The van der Waals surface area contributed by atoms with Crippen LogP contribution in [0, 0.1) is 0 Å². The van der Waals surface area contributed by atoms with Crippen LogP contribution in [-0.4, -0.2) is 28.6 Å². The molecule has 7 heteroatoms. The van der Waals surface area contributed by atoms with Crippen LogP contribution >= 0.6 is 0 Å². The molecule has 0 bridgehead atoms. The molecule has 0 saturated heterocycles. The van der Waals surface area contributed by atoms with Crippen LogP contribution in [-0.2, 0) is 0 Å². The van der Waals surface area contributed by atoms with E-state index in [0.29, 0.717) is 0 Å². The Morgan fingerprint density at radius 1 is 1.43 bits per heavy atom. The smallest absolute Gasteiger partial charge is 0.342 e. The lowest BCUT2D eigenvalue weighted by molar-refractivity contribution is -0.123. The average Bonchev–Trinajstić information content (AvgIpc) is 2.14. The van der Waals surface area contributed by atoms with Crippen LogP contribution in [0.3, 0.4) is 0 Å². The highest BCUT2D eigenvalue weighted by Crippen LogP contribution is 2.12. The minimum atomic E-state index is -4.42. The first-order chi connectivity index (χ1) is 6.49. The van der Waals surface area contributed by atoms with Gasteiger partial charge in [0.15, 0.2) is 0 Å². The van der Waals surface area contributed by atoms with Gasteiger partial charge in [0, 0.05) is 12.4 Å². The lowest BCUT2D eigenvalue weighted by Crippen LogP contribution is -2.34. The van der Waals surface area contributed by atoms with Crippen molar-refractivity contribution < 1.29 is 18.0 Å². The number of hydrogen-bond acceptors (Lipinski definition) is 3. The first-order valence-corrected chi connectivity index (χ1v) is 3.60. The summed E-state index contributed by atoms with van der Waals surface area (Å²) in [6.07, 6.45) is -0.785. The number of hydrogen-bond donors (Lipinski definition) is 1. The molecule has 0 unspecified atom stereocenters. The molecule has 0 radical (unpaired) electrons. The van der Waals surface area contributed by atoms with E-state index in [2.05, 4.69) is 9.97 Å². The molecule has 76 valence electrons. The van der Waals surface area contributed by atoms with Crippen LogP contribution < -0.4 is 5.32 Å². The summed E-state index contributed by atoms with van der Waals surface area (Å²) in [5, 5.41) is 1.67. The van der Waals surface area contributed by atoms with Crippen molar-refractivity contribution in [1.82, 2.24) is 15.3 Å². The van der Waals surface area contributed by atoms with Crippen molar-refractivity contribution in [2.75, 3.05) is 6.54 Å². The van der Waals surface area contributed by atoms with E-state index in [-0.39, 0.29) is 5.69 Å². The standard InChI is InChI=1S/C7H6F3N3O/c8-7(9,10)4-13-6(14)5-3-11-1-2-12-5/h1-3H,4H2,(H,13,14). The van der Waals surface area contributed by atoms with Crippen LogP contribution in [0.5, 0.6) is 0 Å². The SMILES string of the molecule is O=C(NCC(F)(F)F)c1cnccn1. The van der Waals surface area contributed by atoms with Crippen LogP contribution in [0.4, 0.5) is 13.2 Å². The second-order valence-corrected chi connectivity index (χ2v) is 2.39. The maximum atomic E-state index is 11.7. The summed E-state index contributed by atoms with van der Waals surface area (Å²) < 4.78 is 35.0. The first-order valence-electron chi connectivity index (χ1n) is 3.60. The Hall–Kier alpha value is -1.66. The molecule has 0 spiro atoms. The Labute approximate surface area is 77.2 Å². The fraction of sp³-hybridized carbons (Fsp3) is 0.286. The second-order valence-electron chi connectivity index (χ2n) is 2.39. The van der Waals surface area contributed by atoms with E-state index in [1.807, 2.05) is 0 Å². The Morgan fingerprint density at radius 3 is 2.64 bits per heavy atom. The molecule has 1 rings (SSSR count). The van der Waals surface area contributed by atoms with Crippen LogP contribution in [0.1, 0.15) is 10.5 Å². The topological polar surface area (TPSA) is 54.9 Å². The van der Waals surface area contributed by atoms with Crippen molar-refractivity contribution in [1.29, 1.82) is 0 Å². The molecule has 1 amide bonds. The minimum absolute atomic E-state index is 0.142. The molecule has 0 aliphatic rings. The Balaban J connectivity index is 2.52. The molecular formula is C7H6F3N3O. The highest BCUT2D eigenvalue weighted by Gasteiger charge is 2.28. The van der Waals surface area contributed by atoms with E-state index in [4.69, 9.17) is 0 Å². The number of rotatable bonds is 2.